The molecule has 1 aliphatic rings. The zero-order chi connectivity index (χ0) is 8.81. The van der Waals surface area contributed by atoms with Gasteiger partial charge in [-0.2, -0.15) is 0 Å². The summed E-state index contributed by atoms with van der Waals surface area (Å²) in [6, 6.07) is 0. The van der Waals surface area contributed by atoms with E-state index in [1.807, 2.05) is 0 Å². The van der Waals surface area contributed by atoms with Crippen molar-refractivity contribution in [3.05, 3.63) is 0 Å². The van der Waals surface area contributed by atoms with Gasteiger partial charge < -0.3 is 15.5 Å². The van der Waals surface area contributed by atoms with E-state index in [-0.39, 0.29) is 0 Å². The lowest BCUT2D eigenvalue weighted by atomic mass is 10.4. The van der Waals surface area contributed by atoms with Crippen molar-refractivity contribution in [2.24, 2.45) is 5.73 Å². The summed E-state index contributed by atoms with van der Waals surface area (Å²) in [5.41, 5.74) is 5.52. The van der Waals surface area contributed by atoms with E-state index in [1.54, 1.807) is 0 Å². The highest BCUT2D eigenvalue weighted by Gasteiger charge is 2.11. The molecule has 0 aromatic carbocycles. The maximum absolute atomic E-state index is 5.52. The fourth-order valence-corrected chi connectivity index (χ4v) is 1.75. The topological polar surface area (TPSA) is 32.5 Å². The first-order valence-corrected chi connectivity index (χ1v) is 5.01. The summed E-state index contributed by atoms with van der Waals surface area (Å²) in [5.74, 6) is 0. The Labute approximate surface area is 75.5 Å². The third kappa shape index (κ3) is 3.09. The van der Waals surface area contributed by atoms with Crippen LogP contribution in [0.25, 0.3) is 0 Å². The minimum atomic E-state index is 0.798. The van der Waals surface area contributed by atoms with E-state index < -0.39 is 0 Å². The van der Waals surface area contributed by atoms with Crippen LogP contribution in [0.3, 0.4) is 0 Å². The van der Waals surface area contributed by atoms with Crippen LogP contribution in [0, 0.1) is 0 Å². The van der Waals surface area contributed by atoms with Crippen molar-refractivity contribution in [3.8, 4) is 0 Å². The van der Waals surface area contributed by atoms with E-state index in [9.17, 15) is 0 Å². The monoisotopic (exact) mass is 171 g/mol. The van der Waals surface area contributed by atoms with Crippen LogP contribution in [0.1, 0.15) is 13.3 Å². The number of nitrogens with two attached hydrogens (primary N) is 1. The van der Waals surface area contributed by atoms with Gasteiger partial charge >= 0.3 is 0 Å². The molecule has 0 bridgehead atoms. The predicted octanol–water partition coefficient (Wildman–Crippen LogP) is -0.0273. The molecule has 1 heterocycles. The number of hydrogen-bond acceptors (Lipinski definition) is 3. The van der Waals surface area contributed by atoms with Crippen molar-refractivity contribution in [1.29, 1.82) is 0 Å². The molecule has 0 unspecified atom stereocenters. The van der Waals surface area contributed by atoms with E-state index in [0.29, 0.717) is 0 Å². The molecule has 1 saturated heterocycles. The molecule has 1 fully saturated rings. The Kier molecular flexibility index (Phi) is 4.58. The average Bonchev–Trinajstić information content (AvgIpc) is 2.31. The third-order valence-corrected chi connectivity index (χ3v) is 2.57. The second-order valence-electron chi connectivity index (χ2n) is 3.42. The highest BCUT2D eigenvalue weighted by molar-refractivity contribution is 4.68. The van der Waals surface area contributed by atoms with Gasteiger partial charge in [-0.3, -0.25) is 0 Å². The van der Waals surface area contributed by atoms with Gasteiger partial charge in [0.15, 0.2) is 0 Å². The zero-order valence-corrected chi connectivity index (χ0v) is 8.13. The molecule has 0 aliphatic carbocycles. The first kappa shape index (κ1) is 9.96. The maximum atomic E-state index is 5.52. The smallest absolute Gasteiger partial charge is 0.0110 e. The van der Waals surface area contributed by atoms with Crippen molar-refractivity contribution in [2.75, 3.05) is 45.8 Å². The normalized spacial score (nSPS) is 22.5. The minimum Gasteiger partial charge on any atom is -0.329 e. The van der Waals surface area contributed by atoms with E-state index in [0.717, 1.165) is 13.1 Å². The molecule has 2 N–H and O–H groups in total. The largest absolute Gasteiger partial charge is 0.329 e. The zero-order valence-electron chi connectivity index (χ0n) is 8.13. The average molecular weight is 171 g/mol. The van der Waals surface area contributed by atoms with E-state index >= 15 is 0 Å². The maximum Gasteiger partial charge on any atom is 0.0110 e. The Morgan fingerprint density at radius 2 is 1.75 bits per heavy atom. The first-order valence-electron chi connectivity index (χ1n) is 5.01. The molecule has 0 aromatic rings. The highest BCUT2D eigenvalue weighted by Crippen LogP contribution is 2.01. The van der Waals surface area contributed by atoms with Crippen LogP contribution in [0.15, 0.2) is 0 Å². The molecule has 0 aromatic heterocycles. The molecule has 0 saturated carbocycles. The Balaban J connectivity index is 2.24. The molecule has 0 atom stereocenters. The molecular formula is C9H21N3. The van der Waals surface area contributed by atoms with Gasteiger partial charge in [-0.25, -0.2) is 0 Å². The second-order valence-corrected chi connectivity index (χ2v) is 3.42. The Hall–Kier alpha value is -0.120. The van der Waals surface area contributed by atoms with Gasteiger partial charge in [0.25, 0.3) is 0 Å². The van der Waals surface area contributed by atoms with Crippen LogP contribution in [0.2, 0.25) is 0 Å². The summed E-state index contributed by atoms with van der Waals surface area (Å²) < 4.78 is 0. The molecule has 1 aliphatic heterocycles. The van der Waals surface area contributed by atoms with Gasteiger partial charge in [0.1, 0.15) is 0 Å². The molecular weight excluding hydrogens is 150 g/mol. The Morgan fingerprint density at radius 3 is 2.42 bits per heavy atom. The van der Waals surface area contributed by atoms with E-state index in [1.165, 1.54) is 39.1 Å². The van der Waals surface area contributed by atoms with Gasteiger partial charge in [-0.1, -0.05) is 6.92 Å². The van der Waals surface area contributed by atoms with Crippen LogP contribution < -0.4 is 5.73 Å². The SMILES string of the molecule is CCN1CCCN(CCN)CC1. The molecule has 0 amide bonds. The van der Waals surface area contributed by atoms with Crippen molar-refractivity contribution >= 4 is 0 Å². The quantitative estimate of drug-likeness (QED) is 0.647. The van der Waals surface area contributed by atoms with E-state index in [4.69, 9.17) is 5.73 Å². The van der Waals surface area contributed by atoms with Crippen molar-refractivity contribution < 1.29 is 0 Å². The summed E-state index contributed by atoms with van der Waals surface area (Å²) in [6.07, 6.45) is 1.30. The molecule has 72 valence electrons. The Bertz CT molecular complexity index is 116. The van der Waals surface area contributed by atoms with Crippen molar-refractivity contribution in [3.63, 3.8) is 0 Å². The number of likely N-dealkylation sites (N-methyl/N-ethyl adjacent to an activating group) is 1. The number of hydrogen-bond donors (Lipinski definition) is 1. The van der Waals surface area contributed by atoms with Crippen LogP contribution in [0.4, 0.5) is 0 Å². The van der Waals surface area contributed by atoms with Gasteiger partial charge in [0.2, 0.25) is 0 Å². The molecule has 3 heteroatoms. The van der Waals surface area contributed by atoms with Gasteiger partial charge in [0, 0.05) is 26.2 Å². The summed E-state index contributed by atoms with van der Waals surface area (Å²) in [6.45, 7) is 10.2. The van der Waals surface area contributed by atoms with Crippen molar-refractivity contribution in [1.82, 2.24) is 9.80 Å². The fourth-order valence-electron chi connectivity index (χ4n) is 1.75. The molecule has 0 spiro atoms. The lowest BCUT2D eigenvalue weighted by Crippen LogP contribution is -2.33. The molecule has 0 radical (unpaired) electrons. The molecule has 12 heavy (non-hydrogen) atoms. The fraction of sp³-hybridized carbons (Fsp3) is 1.00. The van der Waals surface area contributed by atoms with Crippen LogP contribution >= 0.6 is 0 Å². The first-order chi connectivity index (χ1) is 5.86. The minimum absolute atomic E-state index is 0.798. The Morgan fingerprint density at radius 1 is 1.08 bits per heavy atom. The second kappa shape index (κ2) is 5.51. The van der Waals surface area contributed by atoms with Crippen molar-refractivity contribution in [2.45, 2.75) is 13.3 Å². The summed E-state index contributed by atoms with van der Waals surface area (Å²) in [5, 5.41) is 0. The highest BCUT2D eigenvalue weighted by atomic mass is 15.2. The lowest BCUT2D eigenvalue weighted by molar-refractivity contribution is 0.267. The van der Waals surface area contributed by atoms with Crippen LogP contribution in [0.5, 0.6) is 0 Å². The van der Waals surface area contributed by atoms with Crippen LogP contribution in [-0.2, 0) is 0 Å². The lowest BCUT2D eigenvalue weighted by Gasteiger charge is -2.19. The number of nitrogens with zero attached hydrogens (tertiary/aromatic N) is 2. The van der Waals surface area contributed by atoms with Gasteiger partial charge in [0.05, 0.1) is 0 Å². The van der Waals surface area contributed by atoms with Gasteiger partial charge in [-0.05, 0) is 26.1 Å². The van der Waals surface area contributed by atoms with Gasteiger partial charge in [-0.15, -0.1) is 0 Å². The van der Waals surface area contributed by atoms with Crippen LogP contribution in [-0.4, -0.2) is 55.6 Å². The predicted molar refractivity (Wildman–Crippen MR) is 52.2 cm³/mol. The summed E-state index contributed by atoms with van der Waals surface area (Å²) in [7, 11) is 0. The number of rotatable bonds is 3. The summed E-state index contributed by atoms with van der Waals surface area (Å²) in [4.78, 5) is 4.98. The standard InChI is InChI=1S/C9H21N3/c1-2-11-5-3-6-12(7-4-10)9-8-11/h2-10H2,1H3. The third-order valence-electron chi connectivity index (χ3n) is 2.57. The summed E-state index contributed by atoms with van der Waals surface area (Å²) >= 11 is 0. The van der Waals surface area contributed by atoms with E-state index in [2.05, 4.69) is 16.7 Å². The molecule has 1 rings (SSSR count). The molecule has 3 nitrogen and oxygen atoms in total.